The number of alkyl halides is 1. The lowest BCUT2D eigenvalue weighted by Crippen LogP contribution is -2.42. The summed E-state index contributed by atoms with van der Waals surface area (Å²) in [6.45, 7) is 2.44. The second-order valence-electron chi connectivity index (χ2n) is 8.29. The summed E-state index contributed by atoms with van der Waals surface area (Å²) in [4.78, 5) is 25.2. The molecule has 9 heteroatoms. The number of rotatable bonds is 8. The molecule has 0 radical (unpaired) electrons. The van der Waals surface area contributed by atoms with Gasteiger partial charge in [0.1, 0.15) is 18.3 Å². The first-order chi connectivity index (χ1) is 14.8. The van der Waals surface area contributed by atoms with Crippen molar-refractivity contribution in [2.45, 2.75) is 44.5 Å². The number of aromatic nitrogens is 3. The average molecular weight is 424 g/mol. The maximum Gasteiger partial charge on any atom is 0.255 e. The number of amides is 1. The first kappa shape index (κ1) is 20.9. The minimum Gasteiger partial charge on any atom is -0.387 e. The van der Waals surface area contributed by atoms with Crippen molar-refractivity contribution in [2.75, 3.05) is 17.2 Å². The molecule has 1 amide bonds. The number of nitrogens with one attached hydrogen (secondary N) is 3. The van der Waals surface area contributed by atoms with Gasteiger partial charge in [-0.25, -0.2) is 19.3 Å². The highest BCUT2D eigenvalue weighted by Gasteiger charge is 2.28. The normalized spacial score (nSPS) is 14.8. The molecule has 0 bridgehead atoms. The van der Waals surface area contributed by atoms with E-state index >= 15 is 0 Å². The quantitative estimate of drug-likeness (QED) is 0.439. The van der Waals surface area contributed by atoms with E-state index in [4.69, 9.17) is 0 Å². The number of hydrogen-bond acceptors (Lipinski definition) is 7. The molecule has 1 unspecified atom stereocenters. The van der Waals surface area contributed by atoms with E-state index in [1.807, 2.05) is 18.2 Å². The van der Waals surface area contributed by atoms with Gasteiger partial charge in [0, 0.05) is 35.6 Å². The first-order valence-corrected chi connectivity index (χ1v) is 10.2. The van der Waals surface area contributed by atoms with E-state index in [0.717, 1.165) is 29.4 Å². The molecule has 4 N–H and O–H groups in total. The van der Waals surface area contributed by atoms with Gasteiger partial charge in [-0.05, 0) is 44.9 Å². The zero-order valence-corrected chi connectivity index (χ0v) is 17.4. The molecule has 8 nitrogen and oxygen atoms in total. The Labute approximate surface area is 179 Å². The number of nitrogens with zero attached hydrogens (tertiary/aromatic N) is 3. The lowest BCUT2D eigenvalue weighted by molar-refractivity contribution is -0.00177. The summed E-state index contributed by atoms with van der Waals surface area (Å²) in [6, 6.07) is 7.78. The van der Waals surface area contributed by atoms with Crippen LogP contribution in [0.4, 0.5) is 21.6 Å². The highest BCUT2D eigenvalue weighted by molar-refractivity contribution is 6.00. The Morgan fingerprint density at radius 3 is 2.81 bits per heavy atom. The monoisotopic (exact) mass is 424 g/mol. The standard InChI is InChI=1S/C22H25FN6O2/c1-22(2,31)19(23)11-26-21(30)16-10-25-20(8-18(16)28-14-3-4-14)29-15-5-6-17-13(7-15)9-24-12-27-17/h5-10,12,14,19,31H,3-4,11H2,1-2H3,(H,26,30)(H2,25,28,29). The summed E-state index contributed by atoms with van der Waals surface area (Å²) in [5.74, 6) is 0.118. The van der Waals surface area contributed by atoms with E-state index in [-0.39, 0.29) is 6.54 Å². The highest BCUT2D eigenvalue weighted by Crippen LogP contribution is 2.29. The second-order valence-corrected chi connectivity index (χ2v) is 8.29. The number of anilines is 3. The average Bonchev–Trinajstić information content (AvgIpc) is 3.55. The summed E-state index contributed by atoms with van der Waals surface area (Å²) < 4.78 is 14.0. The molecule has 4 rings (SSSR count). The molecule has 2 aromatic heterocycles. The number of benzene rings is 1. The Morgan fingerprint density at radius 1 is 1.26 bits per heavy atom. The predicted molar refractivity (Wildman–Crippen MR) is 117 cm³/mol. The van der Waals surface area contributed by atoms with Crippen molar-refractivity contribution in [1.82, 2.24) is 20.3 Å². The molecule has 2 heterocycles. The fourth-order valence-corrected chi connectivity index (χ4v) is 3.01. The Morgan fingerprint density at radius 2 is 2.06 bits per heavy atom. The van der Waals surface area contributed by atoms with Gasteiger partial charge in [0.2, 0.25) is 0 Å². The largest absolute Gasteiger partial charge is 0.387 e. The Kier molecular flexibility index (Phi) is 5.69. The molecule has 1 atom stereocenters. The van der Waals surface area contributed by atoms with Crippen molar-refractivity contribution in [3.05, 3.63) is 48.5 Å². The van der Waals surface area contributed by atoms with Gasteiger partial charge in [0.15, 0.2) is 0 Å². The maximum absolute atomic E-state index is 14.0. The molecule has 3 aromatic rings. The molecule has 0 saturated heterocycles. The lowest BCUT2D eigenvalue weighted by Gasteiger charge is -2.22. The van der Waals surface area contributed by atoms with Crippen LogP contribution in [0.3, 0.4) is 0 Å². The zero-order chi connectivity index (χ0) is 22.0. The van der Waals surface area contributed by atoms with Gasteiger partial charge < -0.3 is 21.1 Å². The summed E-state index contributed by atoms with van der Waals surface area (Å²) in [5.41, 5.74) is 1.08. The number of halogens is 1. The van der Waals surface area contributed by atoms with Gasteiger partial charge in [-0.1, -0.05) is 0 Å². The number of fused-ring (bicyclic) bond motifs is 1. The number of carbonyl (C=O) groups excluding carboxylic acids is 1. The summed E-state index contributed by atoms with van der Waals surface area (Å²) in [7, 11) is 0. The van der Waals surface area contributed by atoms with Crippen LogP contribution in [-0.2, 0) is 0 Å². The Bertz CT molecular complexity index is 1100. The van der Waals surface area contributed by atoms with Gasteiger partial charge in [0.05, 0.1) is 28.9 Å². The predicted octanol–water partition coefficient (Wildman–Crippen LogP) is 3.18. The van der Waals surface area contributed by atoms with Crippen LogP contribution >= 0.6 is 0 Å². The molecule has 1 fully saturated rings. The molecular weight excluding hydrogens is 399 g/mol. The van der Waals surface area contributed by atoms with Crippen LogP contribution in [-0.4, -0.2) is 50.3 Å². The smallest absolute Gasteiger partial charge is 0.255 e. The minimum absolute atomic E-state index is 0.287. The van der Waals surface area contributed by atoms with E-state index in [2.05, 4.69) is 30.9 Å². The van der Waals surface area contributed by atoms with Gasteiger partial charge in [-0.3, -0.25) is 4.79 Å². The number of carbonyl (C=O) groups is 1. The summed E-state index contributed by atoms with van der Waals surface area (Å²) >= 11 is 0. The van der Waals surface area contributed by atoms with Gasteiger partial charge >= 0.3 is 0 Å². The van der Waals surface area contributed by atoms with Crippen LogP contribution < -0.4 is 16.0 Å². The second kappa shape index (κ2) is 8.43. The molecule has 1 aromatic carbocycles. The van der Waals surface area contributed by atoms with Gasteiger partial charge in [-0.15, -0.1) is 0 Å². The van der Waals surface area contributed by atoms with E-state index < -0.39 is 17.7 Å². The Balaban J connectivity index is 1.52. The van der Waals surface area contributed by atoms with E-state index in [1.165, 1.54) is 26.4 Å². The third-order valence-corrected chi connectivity index (χ3v) is 5.07. The van der Waals surface area contributed by atoms with Crippen LogP contribution in [0, 0.1) is 0 Å². The van der Waals surface area contributed by atoms with Gasteiger partial charge in [0.25, 0.3) is 5.91 Å². The molecule has 31 heavy (non-hydrogen) atoms. The molecule has 162 valence electrons. The Hall–Kier alpha value is -3.33. The van der Waals surface area contributed by atoms with Crippen molar-refractivity contribution < 1.29 is 14.3 Å². The van der Waals surface area contributed by atoms with Crippen LogP contribution in [0.25, 0.3) is 10.9 Å². The zero-order valence-electron chi connectivity index (χ0n) is 17.4. The number of hydrogen-bond donors (Lipinski definition) is 4. The van der Waals surface area contributed by atoms with Crippen molar-refractivity contribution in [2.24, 2.45) is 0 Å². The van der Waals surface area contributed by atoms with Crippen molar-refractivity contribution in [3.8, 4) is 0 Å². The van der Waals surface area contributed by atoms with E-state index in [1.54, 1.807) is 12.3 Å². The van der Waals surface area contributed by atoms with Crippen LogP contribution in [0.15, 0.2) is 43.0 Å². The topological polar surface area (TPSA) is 112 Å². The van der Waals surface area contributed by atoms with E-state index in [9.17, 15) is 14.3 Å². The number of aliphatic hydroxyl groups is 1. The number of pyridine rings is 1. The van der Waals surface area contributed by atoms with Crippen molar-refractivity contribution in [1.29, 1.82) is 0 Å². The molecule has 1 saturated carbocycles. The van der Waals surface area contributed by atoms with Crippen molar-refractivity contribution in [3.63, 3.8) is 0 Å². The molecule has 1 aliphatic rings. The third-order valence-electron chi connectivity index (χ3n) is 5.07. The van der Waals surface area contributed by atoms with Crippen LogP contribution in [0.2, 0.25) is 0 Å². The third kappa shape index (κ3) is 5.24. The van der Waals surface area contributed by atoms with Crippen molar-refractivity contribution >= 4 is 34.0 Å². The summed E-state index contributed by atoms with van der Waals surface area (Å²) in [5, 5.41) is 19.7. The van der Waals surface area contributed by atoms with Gasteiger partial charge in [-0.2, -0.15) is 0 Å². The maximum atomic E-state index is 14.0. The molecule has 1 aliphatic carbocycles. The SMILES string of the molecule is CC(C)(O)C(F)CNC(=O)c1cnc(Nc2ccc3ncncc3c2)cc1NC1CC1. The van der Waals surface area contributed by atoms with Crippen LogP contribution in [0.1, 0.15) is 37.0 Å². The minimum atomic E-state index is -1.58. The molecule has 0 aliphatic heterocycles. The fraction of sp³-hybridized carbons (Fsp3) is 0.364. The molecule has 0 spiro atoms. The highest BCUT2D eigenvalue weighted by atomic mass is 19.1. The fourth-order valence-electron chi connectivity index (χ4n) is 3.01. The molecular formula is C22H25FN6O2. The first-order valence-electron chi connectivity index (χ1n) is 10.2. The lowest BCUT2D eigenvalue weighted by atomic mass is 10.0. The summed E-state index contributed by atoms with van der Waals surface area (Å²) in [6.07, 6.45) is 5.18. The van der Waals surface area contributed by atoms with Crippen LogP contribution in [0.5, 0.6) is 0 Å². The van der Waals surface area contributed by atoms with E-state index in [0.29, 0.717) is 23.1 Å².